The van der Waals surface area contributed by atoms with Crippen molar-refractivity contribution >= 4 is 17.7 Å². The van der Waals surface area contributed by atoms with Gasteiger partial charge in [-0.15, -0.1) is 18.3 Å². The second-order valence-electron chi connectivity index (χ2n) is 6.77. The van der Waals surface area contributed by atoms with Gasteiger partial charge in [-0.3, -0.25) is 4.79 Å². The van der Waals surface area contributed by atoms with E-state index in [1.807, 2.05) is 30.3 Å². The van der Waals surface area contributed by atoms with Crippen LogP contribution < -0.4 is 5.32 Å². The average molecular weight is 366 g/mol. The number of carbonyl (C=O) groups is 1. The molecule has 1 amide bonds. The lowest BCUT2D eigenvalue weighted by Crippen LogP contribution is -2.28. The first-order valence-electron chi connectivity index (χ1n) is 9.48. The van der Waals surface area contributed by atoms with E-state index in [0.717, 1.165) is 29.1 Å². The molecule has 2 nitrogen and oxygen atoms in total. The van der Waals surface area contributed by atoms with Crippen molar-refractivity contribution < 1.29 is 4.79 Å². The number of aryl methyl sites for hydroxylation is 2. The Hall–Kier alpha value is -2.00. The van der Waals surface area contributed by atoms with E-state index in [4.69, 9.17) is 0 Å². The van der Waals surface area contributed by atoms with Crippen molar-refractivity contribution in [1.29, 1.82) is 0 Å². The summed E-state index contributed by atoms with van der Waals surface area (Å²) in [6.07, 6.45) is 7.65. The van der Waals surface area contributed by atoms with Gasteiger partial charge in [0.15, 0.2) is 0 Å². The highest BCUT2D eigenvalue weighted by Crippen LogP contribution is 2.27. The Balaban J connectivity index is 1.78. The Morgan fingerprint density at radius 2 is 1.96 bits per heavy atom. The van der Waals surface area contributed by atoms with E-state index in [0.29, 0.717) is 0 Å². The standard InChI is InChI=1S/C23H27NOS/c1-3-15-26-22-12-8-7-11-20(22)23(25)24-21(4-2)19-14-13-17-9-5-6-10-18(17)16-19/h3,7-8,11-14,16,21H,1,4-6,9-10,15H2,2H3,(H,24,25)/t21-/m0/s1. The number of thioether (sulfide) groups is 1. The molecule has 2 aromatic rings. The third-order valence-electron chi connectivity index (χ3n) is 4.98. The van der Waals surface area contributed by atoms with Crippen LogP contribution in [0.3, 0.4) is 0 Å². The topological polar surface area (TPSA) is 29.1 Å². The van der Waals surface area contributed by atoms with E-state index in [9.17, 15) is 4.79 Å². The van der Waals surface area contributed by atoms with Crippen LogP contribution in [0.15, 0.2) is 60.0 Å². The molecule has 3 heteroatoms. The normalized spacial score (nSPS) is 14.3. The van der Waals surface area contributed by atoms with Crippen LogP contribution in [0.5, 0.6) is 0 Å². The van der Waals surface area contributed by atoms with Gasteiger partial charge < -0.3 is 5.32 Å². The largest absolute Gasteiger partial charge is 0.345 e. The smallest absolute Gasteiger partial charge is 0.252 e. The van der Waals surface area contributed by atoms with E-state index in [2.05, 4.69) is 37.0 Å². The lowest BCUT2D eigenvalue weighted by molar-refractivity contribution is 0.0932. The molecule has 0 spiro atoms. The molecule has 0 radical (unpaired) electrons. The van der Waals surface area contributed by atoms with E-state index in [-0.39, 0.29) is 11.9 Å². The van der Waals surface area contributed by atoms with Crippen LogP contribution in [0, 0.1) is 0 Å². The molecule has 0 fully saturated rings. The van der Waals surface area contributed by atoms with Crippen molar-refractivity contribution in [2.24, 2.45) is 0 Å². The summed E-state index contributed by atoms with van der Waals surface area (Å²) in [6, 6.07) is 14.6. The number of carbonyl (C=O) groups excluding carboxylic acids is 1. The summed E-state index contributed by atoms with van der Waals surface area (Å²) in [6.45, 7) is 5.89. The maximum Gasteiger partial charge on any atom is 0.252 e. The average Bonchev–Trinajstić information content (AvgIpc) is 2.70. The molecule has 0 aliphatic heterocycles. The monoisotopic (exact) mass is 365 g/mol. The van der Waals surface area contributed by atoms with Crippen molar-refractivity contribution in [2.45, 2.75) is 50.0 Å². The van der Waals surface area contributed by atoms with Crippen LogP contribution in [0.1, 0.15) is 59.3 Å². The van der Waals surface area contributed by atoms with E-state index >= 15 is 0 Å². The van der Waals surface area contributed by atoms with Gasteiger partial charge in [0, 0.05) is 10.6 Å². The second-order valence-corrected chi connectivity index (χ2v) is 7.83. The molecule has 2 aromatic carbocycles. The Kier molecular flexibility index (Phi) is 6.56. The Morgan fingerprint density at radius 3 is 2.73 bits per heavy atom. The molecule has 0 saturated heterocycles. The highest BCUT2D eigenvalue weighted by Gasteiger charge is 2.18. The molecule has 1 N–H and O–H groups in total. The zero-order chi connectivity index (χ0) is 18.4. The number of amides is 1. The van der Waals surface area contributed by atoms with Crippen molar-refractivity contribution in [2.75, 3.05) is 5.75 Å². The molecule has 3 rings (SSSR count). The van der Waals surface area contributed by atoms with Crippen molar-refractivity contribution in [3.8, 4) is 0 Å². The number of hydrogen-bond donors (Lipinski definition) is 1. The van der Waals surface area contributed by atoms with Gasteiger partial charge in [-0.1, -0.05) is 43.3 Å². The zero-order valence-corrected chi connectivity index (χ0v) is 16.3. The first-order valence-corrected chi connectivity index (χ1v) is 10.5. The highest BCUT2D eigenvalue weighted by molar-refractivity contribution is 7.99. The van der Waals surface area contributed by atoms with Gasteiger partial charge >= 0.3 is 0 Å². The summed E-state index contributed by atoms with van der Waals surface area (Å²) in [5, 5.41) is 3.24. The maximum absolute atomic E-state index is 12.9. The number of fused-ring (bicyclic) bond motifs is 1. The molecule has 136 valence electrons. The molecule has 0 unspecified atom stereocenters. The molecule has 0 saturated carbocycles. The Bertz CT molecular complexity index is 784. The molecule has 26 heavy (non-hydrogen) atoms. The number of rotatable bonds is 7. The summed E-state index contributed by atoms with van der Waals surface area (Å²) in [4.78, 5) is 13.9. The number of benzene rings is 2. The zero-order valence-electron chi connectivity index (χ0n) is 15.5. The summed E-state index contributed by atoms with van der Waals surface area (Å²) in [5.74, 6) is 0.800. The first kappa shape index (κ1) is 18.8. The van der Waals surface area contributed by atoms with E-state index in [1.54, 1.807) is 11.8 Å². The molecule has 1 atom stereocenters. The van der Waals surface area contributed by atoms with Gasteiger partial charge in [-0.2, -0.15) is 0 Å². The quantitative estimate of drug-likeness (QED) is 0.502. The molecule has 0 bridgehead atoms. The predicted octanol–water partition coefficient (Wildman–Crippen LogP) is 5.72. The maximum atomic E-state index is 12.9. The molecule has 1 aliphatic carbocycles. The van der Waals surface area contributed by atoms with Crippen molar-refractivity contribution in [3.63, 3.8) is 0 Å². The van der Waals surface area contributed by atoms with Gasteiger partial charge in [0.2, 0.25) is 0 Å². The van der Waals surface area contributed by atoms with Gasteiger partial charge in [0.25, 0.3) is 5.91 Å². The fourth-order valence-corrected chi connectivity index (χ4v) is 4.34. The first-order chi connectivity index (χ1) is 12.7. The van der Waals surface area contributed by atoms with Gasteiger partial charge in [-0.25, -0.2) is 0 Å². The number of hydrogen-bond acceptors (Lipinski definition) is 2. The molecule has 0 heterocycles. The summed E-state index contributed by atoms with van der Waals surface area (Å²) < 4.78 is 0. The molecular formula is C23H27NOS. The van der Waals surface area contributed by atoms with Gasteiger partial charge in [0.1, 0.15) is 0 Å². The van der Waals surface area contributed by atoms with Crippen LogP contribution in [0.2, 0.25) is 0 Å². The van der Waals surface area contributed by atoms with Crippen LogP contribution >= 0.6 is 11.8 Å². The minimum atomic E-state index is 0.00160. The SMILES string of the molecule is C=CCSc1ccccc1C(=O)N[C@@H](CC)c1ccc2c(c1)CCCC2. The van der Waals surface area contributed by atoms with Gasteiger partial charge in [0.05, 0.1) is 11.6 Å². The Labute approximate surface area is 161 Å². The number of nitrogens with one attached hydrogen (secondary N) is 1. The van der Waals surface area contributed by atoms with Crippen molar-refractivity contribution in [3.05, 3.63) is 77.4 Å². The minimum Gasteiger partial charge on any atom is -0.345 e. The highest BCUT2D eigenvalue weighted by atomic mass is 32.2. The summed E-state index contributed by atoms with van der Waals surface area (Å²) >= 11 is 1.65. The van der Waals surface area contributed by atoms with Crippen LogP contribution in [0.25, 0.3) is 0 Å². The Morgan fingerprint density at radius 1 is 1.19 bits per heavy atom. The lowest BCUT2D eigenvalue weighted by atomic mass is 9.88. The van der Waals surface area contributed by atoms with Gasteiger partial charge in [-0.05, 0) is 60.9 Å². The van der Waals surface area contributed by atoms with Crippen LogP contribution in [0.4, 0.5) is 0 Å². The fraction of sp³-hybridized carbons (Fsp3) is 0.348. The third kappa shape index (κ3) is 4.39. The molecule has 1 aliphatic rings. The van der Waals surface area contributed by atoms with Crippen LogP contribution in [-0.2, 0) is 12.8 Å². The molecule has 0 aromatic heterocycles. The van der Waals surface area contributed by atoms with Crippen molar-refractivity contribution in [1.82, 2.24) is 5.32 Å². The molecular weight excluding hydrogens is 338 g/mol. The lowest BCUT2D eigenvalue weighted by Gasteiger charge is -2.22. The van der Waals surface area contributed by atoms with Crippen LogP contribution in [-0.4, -0.2) is 11.7 Å². The minimum absolute atomic E-state index is 0.00160. The second kappa shape index (κ2) is 9.09. The van der Waals surface area contributed by atoms with E-state index < -0.39 is 0 Å². The summed E-state index contributed by atoms with van der Waals surface area (Å²) in [5.41, 5.74) is 4.91. The fourth-order valence-electron chi connectivity index (χ4n) is 3.56. The van der Waals surface area contributed by atoms with E-state index in [1.165, 1.54) is 36.0 Å². The summed E-state index contributed by atoms with van der Waals surface area (Å²) in [7, 11) is 0. The third-order valence-corrected chi connectivity index (χ3v) is 6.05. The predicted molar refractivity (Wildman–Crippen MR) is 111 cm³/mol.